The van der Waals surface area contributed by atoms with Crippen molar-refractivity contribution in [2.24, 2.45) is 5.41 Å². The third-order valence-corrected chi connectivity index (χ3v) is 8.17. The molecule has 0 spiro atoms. The van der Waals surface area contributed by atoms with E-state index in [-0.39, 0.29) is 57.9 Å². The minimum absolute atomic E-state index is 0.0275. The van der Waals surface area contributed by atoms with Crippen LogP contribution in [0.2, 0.25) is 5.15 Å². The van der Waals surface area contributed by atoms with E-state index in [4.69, 9.17) is 30.8 Å². The monoisotopic (exact) mass is 634 g/mol. The number of aromatic carboxylic acids is 1. The number of halogens is 3. The summed E-state index contributed by atoms with van der Waals surface area (Å²) in [6.45, 7) is 5.03. The fraction of sp³-hybridized carbons (Fsp3) is 0.273. The third-order valence-electron chi connectivity index (χ3n) is 7.96. The van der Waals surface area contributed by atoms with Gasteiger partial charge in [-0.2, -0.15) is 0 Å². The van der Waals surface area contributed by atoms with Crippen LogP contribution in [0.1, 0.15) is 47.2 Å². The minimum Gasteiger partial charge on any atom is -0.496 e. The maximum Gasteiger partial charge on any atom is 0.335 e. The number of fused-ring (bicyclic) bond motifs is 1. The Morgan fingerprint density at radius 1 is 1.11 bits per heavy atom. The van der Waals surface area contributed by atoms with Crippen LogP contribution in [0.3, 0.4) is 0 Å². The lowest BCUT2D eigenvalue weighted by atomic mass is 9.87. The number of methoxy groups -OCH3 is 1. The fourth-order valence-electron chi connectivity index (χ4n) is 5.55. The number of carboxylic acid groups (broad SMARTS) is 1. The number of carboxylic acids is 1. The van der Waals surface area contributed by atoms with Crippen LogP contribution in [0, 0.1) is 17.0 Å². The number of carbonyl (C=O) groups is 1. The van der Waals surface area contributed by atoms with E-state index in [1.165, 1.54) is 19.4 Å². The molecule has 4 heterocycles. The molecule has 9 nitrogen and oxygen atoms in total. The van der Waals surface area contributed by atoms with Crippen molar-refractivity contribution >= 4 is 28.6 Å². The van der Waals surface area contributed by atoms with Crippen LogP contribution in [0.4, 0.5) is 8.78 Å². The predicted octanol–water partition coefficient (Wildman–Crippen LogP) is 6.90. The van der Waals surface area contributed by atoms with Gasteiger partial charge in [-0.25, -0.2) is 28.5 Å². The molecule has 5 aromatic rings. The van der Waals surface area contributed by atoms with Gasteiger partial charge in [-0.05, 0) is 42.0 Å². The Morgan fingerprint density at radius 3 is 2.67 bits per heavy atom. The largest absolute Gasteiger partial charge is 0.496 e. The molecule has 45 heavy (non-hydrogen) atoms. The van der Waals surface area contributed by atoms with Crippen molar-refractivity contribution in [3.8, 4) is 22.9 Å². The summed E-state index contributed by atoms with van der Waals surface area (Å²) in [5, 5.41) is 9.87. The van der Waals surface area contributed by atoms with Gasteiger partial charge in [0, 0.05) is 41.3 Å². The van der Waals surface area contributed by atoms with E-state index in [1.807, 2.05) is 18.4 Å². The van der Waals surface area contributed by atoms with E-state index in [0.717, 1.165) is 12.1 Å². The summed E-state index contributed by atoms with van der Waals surface area (Å²) >= 11 is 5.93. The number of pyridine rings is 2. The van der Waals surface area contributed by atoms with Gasteiger partial charge in [0.1, 0.15) is 35.0 Å². The van der Waals surface area contributed by atoms with E-state index >= 15 is 8.78 Å². The highest BCUT2D eigenvalue weighted by molar-refractivity contribution is 6.29. The molecule has 0 radical (unpaired) electrons. The van der Waals surface area contributed by atoms with Crippen LogP contribution < -0.4 is 9.47 Å². The first kappa shape index (κ1) is 30.4. The maximum absolute atomic E-state index is 15.7. The van der Waals surface area contributed by atoms with E-state index in [0.29, 0.717) is 41.4 Å². The van der Waals surface area contributed by atoms with Gasteiger partial charge >= 0.3 is 5.97 Å². The van der Waals surface area contributed by atoms with Gasteiger partial charge in [0.2, 0.25) is 5.88 Å². The molecular weight excluding hydrogens is 606 g/mol. The van der Waals surface area contributed by atoms with Gasteiger partial charge in [-0.15, -0.1) is 0 Å². The summed E-state index contributed by atoms with van der Waals surface area (Å²) in [6.07, 6.45) is 1.50. The summed E-state index contributed by atoms with van der Waals surface area (Å²) in [5.74, 6) is -1.20. The summed E-state index contributed by atoms with van der Waals surface area (Å²) in [4.78, 5) is 24.9. The number of hydrogen-bond acceptors (Lipinski definition) is 7. The Bertz CT molecular complexity index is 1930. The summed E-state index contributed by atoms with van der Waals surface area (Å²) in [6, 6.07) is 13.1. The molecular formula is C33H29ClF2N4O5. The number of nitrogens with zero attached hydrogens (tertiary/aromatic N) is 4. The minimum atomic E-state index is -1.07. The number of imidazole rings is 1. The number of rotatable bonds is 9. The maximum atomic E-state index is 15.7. The Balaban J connectivity index is 1.31. The van der Waals surface area contributed by atoms with Crippen molar-refractivity contribution in [2.45, 2.75) is 32.9 Å². The Labute approximate surface area is 262 Å². The molecule has 0 bridgehead atoms. The topological polar surface area (TPSA) is 109 Å². The Kier molecular flexibility index (Phi) is 8.15. The normalized spacial score (nSPS) is 15.8. The highest BCUT2D eigenvalue weighted by atomic mass is 35.5. The lowest BCUT2D eigenvalue weighted by molar-refractivity contribution is 0.0697. The highest BCUT2D eigenvalue weighted by Crippen LogP contribution is 2.40. The Morgan fingerprint density at radius 2 is 1.93 bits per heavy atom. The van der Waals surface area contributed by atoms with Crippen molar-refractivity contribution in [1.82, 2.24) is 19.5 Å². The van der Waals surface area contributed by atoms with Crippen LogP contribution in [0.25, 0.3) is 22.3 Å². The average molecular weight is 635 g/mol. The van der Waals surface area contributed by atoms with Crippen molar-refractivity contribution in [3.63, 3.8) is 0 Å². The van der Waals surface area contributed by atoms with Crippen LogP contribution in [-0.2, 0) is 17.8 Å². The molecule has 0 aliphatic carbocycles. The fourth-order valence-corrected chi connectivity index (χ4v) is 5.70. The number of hydrogen-bond donors (Lipinski definition) is 1. The second-order valence-corrected chi connectivity index (χ2v) is 11.9. The molecule has 2 aromatic carbocycles. The molecule has 1 fully saturated rings. The third kappa shape index (κ3) is 6.05. The van der Waals surface area contributed by atoms with Crippen LogP contribution >= 0.6 is 11.6 Å². The van der Waals surface area contributed by atoms with Crippen molar-refractivity contribution in [3.05, 3.63) is 100 Å². The van der Waals surface area contributed by atoms with E-state index in [2.05, 4.69) is 9.97 Å². The molecule has 6 rings (SSSR count). The van der Waals surface area contributed by atoms with Crippen LogP contribution in [0.15, 0.2) is 60.8 Å². The highest BCUT2D eigenvalue weighted by Gasteiger charge is 2.39. The molecule has 0 saturated carbocycles. The Hall–Kier alpha value is -4.61. The first-order valence-corrected chi connectivity index (χ1v) is 14.5. The van der Waals surface area contributed by atoms with Gasteiger partial charge in [-0.1, -0.05) is 31.5 Å². The zero-order valence-electron chi connectivity index (χ0n) is 24.7. The molecule has 1 aliphatic heterocycles. The predicted molar refractivity (Wildman–Crippen MR) is 163 cm³/mol. The molecule has 1 aliphatic rings. The molecule has 1 atom stereocenters. The van der Waals surface area contributed by atoms with Gasteiger partial charge in [0.15, 0.2) is 0 Å². The van der Waals surface area contributed by atoms with Crippen LogP contribution in [0.5, 0.6) is 11.6 Å². The van der Waals surface area contributed by atoms with E-state index in [9.17, 15) is 9.90 Å². The lowest BCUT2D eigenvalue weighted by Gasteiger charge is -2.28. The first-order valence-electron chi connectivity index (χ1n) is 14.1. The quantitative estimate of drug-likeness (QED) is 0.175. The summed E-state index contributed by atoms with van der Waals surface area (Å²) in [5.41, 5.74) is 1.85. The molecule has 1 saturated heterocycles. The molecule has 3 aromatic heterocycles. The molecule has 232 valence electrons. The van der Waals surface area contributed by atoms with Crippen molar-refractivity contribution in [1.29, 1.82) is 0 Å². The molecule has 1 unspecified atom stereocenters. The number of ether oxygens (including phenoxy) is 3. The standard InChI is InChI=1S/C33H29ClF2N4O5/c1-33(2)17-44-16-28(33)40-26-10-18(32(41)42)7-8-25(26)38-30(40)11-19-9-23(36)21(12-22(19)35)24-5-4-6-31(39-24)45-15-20-14-37-29(34)13-27(20)43-3/h4-10,12-14,28H,11,15-17H2,1-3H3,(H,41,42). The SMILES string of the molecule is COc1cc(Cl)ncc1COc1cccc(-c2cc(F)c(Cc3nc4ccc(C(=O)O)cc4n3C3COCC3(C)C)cc2F)n1. The van der Waals surface area contributed by atoms with Gasteiger partial charge in [-0.3, -0.25) is 0 Å². The second kappa shape index (κ2) is 12.1. The van der Waals surface area contributed by atoms with Gasteiger partial charge < -0.3 is 23.9 Å². The van der Waals surface area contributed by atoms with E-state index in [1.54, 1.807) is 36.4 Å². The first-order chi connectivity index (χ1) is 21.5. The molecule has 12 heteroatoms. The molecule has 1 N–H and O–H groups in total. The summed E-state index contributed by atoms with van der Waals surface area (Å²) < 4.78 is 50.1. The van der Waals surface area contributed by atoms with Gasteiger partial charge in [0.25, 0.3) is 0 Å². The second-order valence-electron chi connectivity index (χ2n) is 11.5. The average Bonchev–Trinajstić information content (AvgIpc) is 3.55. The zero-order valence-corrected chi connectivity index (χ0v) is 25.4. The molecule has 0 amide bonds. The number of benzene rings is 2. The van der Waals surface area contributed by atoms with Crippen molar-refractivity contribution < 1.29 is 32.9 Å². The number of aromatic nitrogens is 4. The smallest absolute Gasteiger partial charge is 0.335 e. The zero-order chi connectivity index (χ0) is 31.9. The van der Waals surface area contributed by atoms with Gasteiger partial charge in [0.05, 0.1) is 48.7 Å². The van der Waals surface area contributed by atoms with E-state index < -0.39 is 17.6 Å². The lowest BCUT2D eigenvalue weighted by Crippen LogP contribution is -2.27. The van der Waals surface area contributed by atoms with Crippen LogP contribution in [-0.4, -0.2) is 50.9 Å². The summed E-state index contributed by atoms with van der Waals surface area (Å²) in [7, 11) is 1.50. The van der Waals surface area contributed by atoms with Crippen molar-refractivity contribution in [2.75, 3.05) is 20.3 Å².